The van der Waals surface area contributed by atoms with Gasteiger partial charge in [0, 0.05) is 17.4 Å². The third kappa shape index (κ3) is 1.78. The van der Waals surface area contributed by atoms with Crippen LogP contribution in [0.5, 0.6) is 5.75 Å². The van der Waals surface area contributed by atoms with Crippen LogP contribution in [0, 0.1) is 0 Å². The number of carbonyl (C=O) groups is 1. The van der Waals surface area contributed by atoms with Gasteiger partial charge in [-0.15, -0.1) is 0 Å². The molecular formula is C14H12N2O2. The molecule has 2 N–H and O–H groups in total. The van der Waals surface area contributed by atoms with E-state index in [1.54, 1.807) is 12.1 Å². The fraction of sp³-hybridized carbons (Fsp3) is 0.0714. The molecule has 4 heteroatoms. The van der Waals surface area contributed by atoms with Crippen molar-refractivity contribution in [3.63, 3.8) is 0 Å². The number of hydrogen-bond donors (Lipinski definition) is 1. The molecule has 0 fully saturated rings. The lowest BCUT2D eigenvalue weighted by Crippen LogP contribution is -2.33. The van der Waals surface area contributed by atoms with Crippen LogP contribution in [0.15, 0.2) is 48.5 Å². The van der Waals surface area contributed by atoms with E-state index in [2.05, 4.69) is 0 Å². The van der Waals surface area contributed by atoms with Crippen molar-refractivity contribution >= 4 is 23.0 Å². The van der Waals surface area contributed by atoms with Crippen molar-refractivity contribution in [2.75, 3.05) is 17.2 Å². The van der Waals surface area contributed by atoms with Gasteiger partial charge in [-0.2, -0.15) is 0 Å². The van der Waals surface area contributed by atoms with Crippen molar-refractivity contribution in [3.8, 4) is 5.75 Å². The van der Waals surface area contributed by atoms with E-state index in [0.717, 1.165) is 11.4 Å². The second-order valence-electron chi connectivity index (χ2n) is 4.12. The quantitative estimate of drug-likeness (QED) is 0.472. The summed E-state index contributed by atoms with van der Waals surface area (Å²) in [5.41, 5.74) is 8.10. The first-order valence-corrected chi connectivity index (χ1v) is 5.67. The molecule has 2 aromatic rings. The topological polar surface area (TPSA) is 55.6 Å². The molecule has 90 valence electrons. The van der Waals surface area contributed by atoms with Crippen LogP contribution >= 0.6 is 0 Å². The van der Waals surface area contributed by atoms with E-state index in [9.17, 15) is 4.79 Å². The van der Waals surface area contributed by atoms with Crippen molar-refractivity contribution in [2.45, 2.75) is 0 Å². The fourth-order valence-corrected chi connectivity index (χ4v) is 2.04. The lowest BCUT2D eigenvalue weighted by Gasteiger charge is -2.29. The van der Waals surface area contributed by atoms with Crippen molar-refractivity contribution in [1.82, 2.24) is 0 Å². The van der Waals surface area contributed by atoms with E-state index in [-0.39, 0.29) is 12.5 Å². The monoisotopic (exact) mass is 240 g/mol. The molecule has 0 bridgehead atoms. The number of anilines is 3. The van der Waals surface area contributed by atoms with E-state index in [0.29, 0.717) is 11.4 Å². The van der Waals surface area contributed by atoms with Gasteiger partial charge in [-0.05, 0) is 24.3 Å². The Morgan fingerprint density at radius 1 is 1.11 bits per heavy atom. The predicted octanol–water partition coefficient (Wildman–Crippen LogP) is 2.33. The number of nitrogen functional groups attached to an aromatic ring is 1. The summed E-state index contributed by atoms with van der Waals surface area (Å²) < 4.78 is 5.20. The summed E-state index contributed by atoms with van der Waals surface area (Å²) in [5, 5.41) is 0. The summed E-state index contributed by atoms with van der Waals surface area (Å²) >= 11 is 0. The summed E-state index contributed by atoms with van der Waals surface area (Å²) in [6.07, 6.45) is 0. The van der Waals surface area contributed by atoms with Crippen LogP contribution in [0.2, 0.25) is 0 Å². The van der Waals surface area contributed by atoms with Crippen molar-refractivity contribution in [3.05, 3.63) is 48.5 Å². The zero-order chi connectivity index (χ0) is 12.5. The van der Waals surface area contributed by atoms with Gasteiger partial charge in [-0.25, -0.2) is 4.79 Å². The number of esters is 1. The van der Waals surface area contributed by atoms with Crippen molar-refractivity contribution in [1.29, 1.82) is 0 Å². The number of rotatable bonds is 1. The van der Waals surface area contributed by atoms with Crippen molar-refractivity contribution < 1.29 is 9.53 Å². The highest BCUT2D eigenvalue weighted by Gasteiger charge is 2.25. The first kappa shape index (κ1) is 10.7. The maximum Gasteiger partial charge on any atom is 0.331 e. The van der Waals surface area contributed by atoms with Gasteiger partial charge in [-0.1, -0.05) is 18.2 Å². The molecule has 0 saturated heterocycles. The SMILES string of the molecule is Nc1ccc2c(c1)OC(=O)CN2c1ccccc1. The average Bonchev–Trinajstić information content (AvgIpc) is 2.38. The zero-order valence-corrected chi connectivity index (χ0v) is 9.67. The molecule has 0 spiro atoms. The standard InChI is InChI=1S/C14H12N2O2/c15-10-6-7-12-13(8-10)18-14(17)9-16(12)11-4-2-1-3-5-11/h1-8H,9,15H2. The highest BCUT2D eigenvalue weighted by atomic mass is 16.5. The average molecular weight is 240 g/mol. The smallest absolute Gasteiger partial charge is 0.331 e. The second-order valence-corrected chi connectivity index (χ2v) is 4.12. The highest BCUT2D eigenvalue weighted by molar-refractivity contribution is 5.89. The number of para-hydroxylation sites is 1. The molecule has 0 atom stereocenters. The van der Waals surface area contributed by atoms with Gasteiger partial charge in [0.15, 0.2) is 5.75 Å². The molecule has 0 radical (unpaired) electrons. The third-order valence-electron chi connectivity index (χ3n) is 2.85. The van der Waals surface area contributed by atoms with Crippen LogP contribution in [0.25, 0.3) is 0 Å². The Hall–Kier alpha value is -2.49. The lowest BCUT2D eigenvalue weighted by molar-refractivity contribution is -0.133. The summed E-state index contributed by atoms with van der Waals surface area (Å²) in [5.74, 6) is 0.229. The molecular weight excluding hydrogens is 228 g/mol. The Labute approximate surface area is 105 Å². The minimum atomic E-state index is -0.281. The maximum atomic E-state index is 11.6. The Morgan fingerprint density at radius 3 is 2.67 bits per heavy atom. The predicted molar refractivity (Wildman–Crippen MR) is 69.9 cm³/mol. The number of ether oxygens (including phenoxy) is 1. The van der Waals surface area contributed by atoms with Crippen LogP contribution in [0.3, 0.4) is 0 Å². The van der Waals surface area contributed by atoms with E-state index >= 15 is 0 Å². The minimum Gasteiger partial charge on any atom is -0.423 e. The van der Waals surface area contributed by atoms with Gasteiger partial charge < -0.3 is 15.4 Å². The molecule has 1 aliphatic heterocycles. The van der Waals surface area contributed by atoms with Gasteiger partial charge in [0.25, 0.3) is 0 Å². The van der Waals surface area contributed by atoms with Crippen LogP contribution in [0.1, 0.15) is 0 Å². The lowest BCUT2D eigenvalue weighted by atomic mass is 10.2. The molecule has 0 unspecified atom stereocenters. The summed E-state index contributed by atoms with van der Waals surface area (Å²) in [7, 11) is 0. The Bertz CT molecular complexity index is 596. The van der Waals surface area contributed by atoms with E-state index in [1.165, 1.54) is 0 Å². The number of fused-ring (bicyclic) bond motifs is 1. The number of benzene rings is 2. The summed E-state index contributed by atoms with van der Waals surface area (Å²) in [6, 6.07) is 15.1. The fourth-order valence-electron chi connectivity index (χ4n) is 2.04. The van der Waals surface area contributed by atoms with Crippen LogP contribution in [0.4, 0.5) is 17.1 Å². The Kier molecular flexibility index (Phi) is 2.41. The van der Waals surface area contributed by atoms with Gasteiger partial charge in [0.1, 0.15) is 6.54 Å². The number of nitrogens with zero attached hydrogens (tertiary/aromatic N) is 1. The largest absolute Gasteiger partial charge is 0.423 e. The van der Waals surface area contributed by atoms with Gasteiger partial charge in [0.05, 0.1) is 5.69 Å². The van der Waals surface area contributed by atoms with Crippen LogP contribution < -0.4 is 15.4 Å². The van der Waals surface area contributed by atoms with Crippen LogP contribution in [-0.4, -0.2) is 12.5 Å². The Balaban J connectivity index is 2.10. The molecule has 0 aromatic heterocycles. The maximum absolute atomic E-state index is 11.6. The van der Waals surface area contributed by atoms with E-state index in [4.69, 9.17) is 10.5 Å². The molecule has 0 amide bonds. The van der Waals surface area contributed by atoms with Crippen LogP contribution in [-0.2, 0) is 4.79 Å². The normalized spacial score (nSPS) is 14.0. The van der Waals surface area contributed by atoms with E-state index < -0.39 is 0 Å². The molecule has 1 aliphatic rings. The first-order valence-electron chi connectivity index (χ1n) is 5.67. The molecule has 4 nitrogen and oxygen atoms in total. The zero-order valence-electron chi connectivity index (χ0n) is 9.67. The molecule has 0 saturated carbocycles. The van der Waals surface area contributed by atoms with Gasteiger partial charge in [0.2, 0.25) is 0 Å². The first-order chi connectivity index (χ1) is 8.74. The van der Waals surface area contributed by atoms with E-state index in [1.807, 2.05) is 41.3 Å². The highest BCUT2D eigenvalue weighted by Crippen LogP contribution is 2.37. The number of nitrogens with two attached hydrogens (primary N) is 1. The van der Waals surface area contributed by atoms with Crippen molar-refractivity contribution in [2.24, 2.45) is 0 Å². The Morgan fingerprint density at radius 2 is 1.89 bits per heavy atom. The molecule has 2 aromatic carbocycles. The number of hydrogen-bond acceptors (Lipinski definition) is 4. The summed E-state index contributed by atoms with van der Waals surface area (Å²) in [6.45, 7) is 0.209. The minimum absolute atomic E-state index is 0.209. The number of carbonyl (C=O) groups excluding carboxylic acids is 1. The molecule has 18 heavy (non-hydrogen) atoms. The van der Waals surface area contributed by atoms with Gasteiger partial charge in [-0.3, -0.25) is 0 Å². The molecule has 0 aliphatic carbocycles. The molecule has 1 heterocycles. The third-order valence-corrected chi connectivity index (χ3v) is 2.85. The summed E-state index contributed by atoms with van der Waals surface area (Å²) in [4.78, 5) is 13.5. The second kappa shape index (κ2) is 4.07. The molecule has 3 rings (SSSR count). The van der Waals surface area contributed by atoms with Gasteiger partial charge >= 0.3 is 5.97 Å².